The van der Waals surface area contributed by atoms with Gasteiger partial charge in [-0.3, -0.25) is 24.3 Å². The summed E-state index contributed by atoms with van der Waals surface area (Å²) in [5.41, 5.74) is -0.923. The normalized spacial score (nSPS) is 18.8. The molecule has 8 nitrogen and oxygen atoms in total. The van der Waals surface area contributed by atoms with Crippen molar-refractivity contribution >= 4 is 11.8 Å². The van der Waals surface area contributed by atoms with Crippen LogP contribution in [0.25, 0.3) is 0 Å². The third-order valence-corrected chi connectivity index (χ3v) is 3.22. The van der Waals surface area contributed by atoms with Crippen molar-refractivity contribution in [3.8, 4) is 0 Å². The molecule has 108 valence electrons. The summed E-state index contributed by atoms with van der Waals surface area (Å²) in [5, 5.41) is 4.98. The van der Waals surface area contributed by atoms with Gasteiger partial charge in [-0.2, -0.15) is 0 Å². The van der Waals surface area contributed by atoms with Gasteiger partial charge in [0.15, 0.2) is 0 Å². The summed E-state index contributed by atoms with van der Waals surface area (Å²) < 4.78 is 0.948. The summed E-state index contributed by atoms with van der Waals surface area (Å²) in [6, 6.07) is 1.68. The minimum absolute atomic E-state index is 0.194. The molecule has 0 aromatic carbocycles. The number of rotatable bonds is 3. The summed E-state index contributed by atoms with van der Waals surface area (Å²) in [4.78, 5) is 48.0. The van der Waals surface area contributed by atoms with E-state index in [1.807, 2.05) is 6.92 Å². The van der Waals surface area contributed by atoms with Crippen LogP contribution in [0.2, 0.25) is 0 Å². The highest BCUT2D eigenvalue weighted by Gasteiger charge is 2.31. The zero-order chi connectivity index (χ0) is 14.7. The first-order valence-electron chi connectivity index (χ1n) is 6.40. The number of nitrogens with zero attached hydrogens (tertiary/aromatic N) is 2. The maximum absolute atomic E-state index is 12.2. The molecule has 2 N–H and O–H groups in total. The number of hydrogen-bond donors (Lipinski definition) is 2. The van der Waals surface area contributed by atoms with E-state index < -0.39 is 17.2 Å². The molecule has 1 aliphatic heterocycles. The first-order valence-corrected chi connectivity index (χ1v) is 6.40. The minimum Gasteiger partial charge on any atom is -0.353 e. The highest BCUT2D eigenvalue weighted by Crippen LogP contribution is 2.09. The van der Waals surface area contributed by atoms with Crippen molar-refractivity contribution in [2.75, 3.05) is 13.1 Å². The van der Waals surface area contributed by atoms with Crippen LogP contribution in [0, 0.1) is 0 Å². The first kappa shape index (κ1) is 14.0. The van der Waals surface area contributed by atoms with Gasteiger partial charge in [0.25, 0.3) is 11.1 Å². The van der Waals surface area contributed by atoms with E-state index in [2.05, 4.69) is 10.4 Å². The number of aromatic nitrogens is 2. The predicted molar refractivity (Wildman–Crippen MR) is 70.1 cm³/mol. The lowest BCUT2D eigenvalue weighted by molar-refractivity contribution is -0.144. The molecule has 2 amide bonds. The van der Waals surface area contributed by atoms with Gasteiger partial charge in [-0.25, -0.2) is 4.68 Å². The van der Waals surface area contributed by atoms with Crippen molar-refractivity contribution in [1.82, 2.24) is 20.0 Å². The molecule has 2 rings (SSSR count). The Labute approximate surface area is 114 Å². The minimum atomic E-state index is -0.526. The van der Waals surface area contributed by atoms with Crippen molar-refractivity contribution < 1.29 is 9.59 Å². The first-order chi connectivity index (χ1) is 9.52. The molecule has 0 radical (unpaired) electrons. The average molecular weight is 280 g/mol. The van der Waals surface area contributed by atoms with Crippen LogP contribution in [0.3, 0.4) is 0 Å². The maximum atomic E-state index is 12.2. The van der Waals surface area contributed by atoms with Crippen LogP contribution >= 0.6 is 0 Å². The van der Waals surface area contributed by atoms with Crippen molar-refractivity contribution in [3.63, 3.8) is 0 Å². The third-order valence-electron chi connectivity index (χ3n) is 3.22. The molecule has 1 aliphatic rings. The molecule has 8 heteroatoms. The van der Waals surface area contributed by atoms with Gasteiger partial charge >= 0.3 is 0 Å². The standard InChI is InChI=1S/C12H16N4O4/c1-2-8-12(20)13-5-6-15(8)11(19)7-16-10(18)4-3-9(17)14-16/h3-4,8H,2,5-7H2,1H3,(H,13,20)(H,14,17). The van der Waals surface area contributed by atoms with E-state index in [9.17, 15) is 19.2 Å². The van der Waals surface area contributed by atoms with E-state index in [0.717, 1.165) is 16.8 Å². The molecule has 0 bridgehead atoms. The Morgan fingerprint density at radius 2 is 2.10 bits per heavy atom. The molecule has 1 aromatic heterocycles. The van der Waals surface area contributed by atoms with Crippen molar-refractivity contribution in [1.29, 1.82) is 0 Å². The lowest BCUT2D eigenvalue weighted by Gasteiger charge is -2.34. The number of aromatic amines is 1. The van der Waals surface area contributed by atoms with Gasteiger partial charge in [-0.15, -0.1) is 0 Å². The van der Waals surface area contributed by atoms with Crippen LogP contribution in [0.4, 0.5) is 0 Å². The maximum Gasteiger partial charge on any atom is 0.265 e. The molecule has 0 aliphatic carbocycles. The molecule has 2 heterocycles. The molecule has 1 unspecified atom stereocenters. The highest BCUT2D eigenvalue weighted by atomic mass is 16.2. The molecule has 20 heavy (non-hydrogen) atoms. The fraction of sp³-hybridized carbons (Fsp3) is 0.500. The van der Waals surface area contributed by atoms with Crippen molar-refractivity contribution in [2.24, 2.45) is 0 Å². The van der Waals surface area contributed by atoms with Gasteiger partial charge in [-0.05, 0) is 6.42 Å². The lowest BCUT2D eigenvalue weighted by atomic mass is 10.1. The predicted octanol–water partition coefficient (Wildman–Crippen LogP) is -1.73. The van der Waals surface area contributed by atoms with E-state index in [4.69, 9.17) is 0 Å². The highest BCUT2D eigenvalue weighted by molar-refractivity contribution is 5.88. The number of nitrogens with one attached hydrogen (secondary N) is 2. The zero-order valence-corrected chi connectivity index (χ0v) is 11.1. The monoisotopic (exact) mass is 280 g/mol. The van der Waals surface area contributed by atoms with E-state index in [1.165, 1.54) is 4.90 Å². The third kappa shape index (κ3) is 2.79. The number of piperazine rings is 1. The van der Waals surface area contributed by atoms with E-state index in [-0.39, 0.29) is 18.4 Å². The molecule has 1 saturated heterocycles. The Hall–Kier alpha value is -2.38. The topological polar surface area (TPSA) is 104 Å². The van der Waals surface area contributed by atoms with E-state index in [0.29, 0.717) is 19.5 Å². The Morgan fingerprint density at radius 1 is 1.35 bits per heavy atom. The van der Waals surface area contributed by atoms with Crippen molar-refractivity contribution in [3.05, 3.63) is 32.8 Å². The second-order valence-electron chi connectivity index (χ2n) is 4.54. The summed E-state index contributed by atoms with van der Waals surface area (Å²) >= 11 is 0. The average Bonchev–Trinajstić information content (AvgIpc) is 2.42. The van der Waals surface area contributed by atoms with Gasteiger partial charge in [0.05, 0.1) is 0 Å². The Balaban J connectivity index is 2.18. The van der Waals surface area contributed by atoms with Crippen LogP contribution in [0.15, 0.2) is 21.7 Å². The molecule has 1 fully saturated rings. The molecule has 0 saturated carbocycles. The van der Waals surface area contributed by atoms with Gasteiger partial charge < -0.3 is 10.2 Å². The number of hydrogen-bond acceptors (Lipinski definition) is 4. The Bertz CT molecular complexity index is 633. The molecule has 1 atom stereocenters. The van der Waals surface area contributed by atoms with Crippen LogP contribution in [0.1, 0.15) is 13.3 Å². The number of H-pyrrole nitrogens is 1. The smallest absolute Gasteiger partial charge is 0.265 e. The van der Waals surface area contributed by atoms with Crippen LogP contribution < -0.4 is 16.4 Å². The molecule has 1 aromatic rings. The Kier molecular flexibility index (Phi) is 4.02. The lowest BCUT2D eigenvalue weighted by Crippen LogP contribution is -2.57. The largest absolute Gasteiger partial charge is 0.353 e. The van der Waals surface area contributed by atoms with Crippen LogP contribution in [-0.2, 0) is 16.1 Å². The number of carbonyl (C=O) groups is 2. The van der Waals surface area contributed by atoms with Gasteiger partial charge in [0.1, 0.15) is 12.6 Å². The molecular weight excluding hydrogens is 264 g/mol. The fourth-order valence-corrected chi connectivity index (χ4v) is 2.22. The SMILES string of the molecule is CCC1C(=O)NCCN1C(=O)Cn1[nH]c(=O)ccc1=O. The number of carbonyl (C=O) groups excluding carboxylic acids is 2. The van der Waals surface area contributed by atoms with Gasteiger partial charge in [-0.1, -0.05) is 6.92 Å². The number of amides is 2. The quantitative estimate of drug-likeness (QED) is 0.686. The van der Waals surface area contributed by atoms with E-state index in [1.54, 1.807) is 0 Å². The fourth-order valence-electron chi connectivity index (χ4n) is 2.22. The Morgan fingerprint density at radius 3 is 2.80 bits per heavy atom. The summed E-state index contributed by atoms with van der Waals surface area (Å²) in [7, 11) is 0. The summed E-state index contributed by atoms with van der Waals surface area (Å²) in [6.45, 7) is 2.32. The molecule has 0 spiro atoms. The van der Waals surface area contributed by atoms with Crippen LogP contribution in [-0.4, -0.2) is 45.6 Å². The van der Waals surface area contributed by atoms with Crippen LogP contribution in [0.5, 0.6) is 0 Å². The zero-order valence-electron chi connectivity index (χ0n) is 11.1. The van der Waals surface area contributed by atoms with Crippen molar-refractivity contribution in [2.45, 2.75) is 25.9 Å². The molecular formula is C12H16N4O4. The second kappa shape index (κ2) is 5.72. The summed E-state index contributed by atoms with van der Waals surface area (Å²) in [5.74, 6) is -0.559. The second-order valence-corrected chi connectivity index (χ2v) is 4.54. The van der Waals surface area contributed by atoms with Gasteiger partial charge in [0, 0.05) is 25.2 Å². The van der Waals surface area contributed by atoms with Gasteiger partial charge in [0.2, 0.25) is 11.8 Å². The van der Waals surface area contributed by atoms with E-state index >= 15 is 0 Å². The summed E-state index contributed by atoms with van der Waals surface area (Å²) in [6.07, 6.45) is 0.498.